The van der Waals surface area contributed by atoms with Gasteiger partial charge in [-0.25, -0.2) is 0 Å². The van der Waals surface area contributed by atoms with E-state index in [1.54, 1.807) is 23.5 Å². The molecule has 0 atom stereocenters. The molecule has 0 unspecified atom stereocenters. The van der Waals surface area contributed by atoms with Crippen LogP contribution in [0.2, 0.25) is 0 Å². The van der Waals surface area contributed by atoms with Crippen molar-refractivity contribution in [2.75, 3.05) is 37.2 Å². The summed E-state index contributed by atoms with van der Waals surface area (Å²) in [5.74, 6) is 1.64. The van der Waals surface area contributed by atoms with Crippen molar-refractivity contribution in [1.29, 1.82) is 0 Å². The zero-order chi connectivity index (χ0) is 8.74. The van der Waals surface area contributed by atoms with Gasteiger partial charge in [-0.3, -0.25) is 0 Å². The van der Waals surface area contributed by atoms with E-state index in [-0.39, 0.29) is 18.6 Å². The van der Waals surface area contributed by atoms with Crippen molar-refractivity contribution in [3.8, 4) is 0 Å². The summed E-state index contributed by atoms with van der Waals surface area (Å²) in [6.45, 7) is 0.149. The predicted molar refractivity (Wildman–Crippen MR) is 53.4 cm³/mol. The highest BCUT2D eigenvalue weighted by Crippen LogP contribution is 2.24. The molecule has 2 N–H and O–H groups in total. The fourth-order valence-corrected chi connectivity index (χ4v) is 2.81. The highest BCUT2D eigenvalue weighted by Gasteiger charge is 2.27. The monoisotopic (exact) mass is 196 g/mol. The van der Waals surface area contributed by atoms with Crippen molar-refractivity contribution < 1.29 is 10.2 Å². The third-order valence-electron chi connectivity index (χ3n) is 1.57. The highest BCUT2D eigenvalue weighted by atomic mass is 32.2. The number of aliphatic hydroxyl groups is 2. The van der Waals surface area contributed by atoms with Gasteiger partial charge in [-0.15, -0.1) is 0 Å². The second-order valence-corrected chi connectivity index (χ2v) is 4.41. The van der Waals surface area contributed by atoms with E-state index in [1.807, 2.05) is 12.5 Å². The molecule has 0 saturated carbocycles. The minimum absolute atomic E-state index is 0.0746. The first-order chi connectivity index (χ1) is 5.24. The van der Waals surface area contributed by atoms with E-state index in [9.17, 15) is 0 Å². The average molecular weight is 196 g/mol. The van der Waals surface area contributed by atoms with E-state index >= 15 is 0 Å². The first kappa shape index (κ1) is 11.6. The Balaban J connectivity index is 3.96. The molecule has 0 spiro atoms. The SMILES string of the molecule is CSCC(CO)(CO)CSC. The summed E-state index contributed by atoms with van der Waals surface area (Å²) in [5, 5.41) is 18.1. The Morgan fingerprint density at radius 2 is 1.36 bits per heavy atom. The molecule has 0 bridgehead atoms. The van der Waals surface area contributed by atoms with Gasteiger partial charge >= 0.3 is 0 Å². The van der Waals surface area contributed by atoms with Crippen molar-refractivity contribution in [3.63, 3.8) is 0 Å². The molecule has 68 valence electrons. The predicted octanol–water partition coefficient (Wildman–Crippen LogP) is 0.683. The fourth-order valence-electron chi connectivity index (χ4n) is 0.887. The molecule has 0 fully saturated rings. The number of thioether (sulfide) groups is 2. The van der Waals surface area contributed by atoms with Crippen molar-refractivity contribution in [3.05, 3.63) is 0 Å². The Kier molecular flexibility index (Phi) is 6.52. The number of rotatable bonds is 6. The van der Waals surface area contributed by atoms with Gasteiger partial charge in [0.05, 0.1) is 13.2 Å². The minimum atomic E-state index is -0.279. The summed E-state index contributed by atoms with van der Waals surface area (Å²) in [6, 6.07) is 0. The van der Waals surface area contributed by atoms with Crippen LogP contribution in [0.25, 0.3) is 0 Å². The van der Waals surface area contributed by atoms with Crippen molar-refractivity contribution in [2.45, 2.75) is 0 Å². The largest absolute Gasteiger partial charge is 0.396 e. The first-order valence-electron chi connectivity index (χ1n) is 3.44. The topological polar surface area (TPSA) is 40.5 Å². The molecule has 0 heterocycles. The van der Waals surface area contributed by atoms with Gasteiger partial charge < -0.3 is 10.2 Å². The zero-order valence-electron chi connectivity index (χ0n) is 7.04. The van der Waals surface area contributed by atoms with Gasteiger partial charge in [0.15, 0.2) is 0 Å². The molecular formula is C7H16O2S2. The molecule has 0 amide bonds. The molecule has 0 aliphatic carbocycles. The van der Waals surface area contributed by atoms with Crippen LogP contribution >= 0.6 is 23.5 Å². The quantitative estimate of drug-likeness (QED) is 0.655. The van der Waals surface area contributed by atoms with Crippen molar-refractivity contribution in [1.82, 2.24) is 0 Å². The smallest absolute Gasteiger partial charge is 0.0525 e. The number of hydrogen-bond acceptors (Lipinski definition) is 4. The van der Waals surface area contributed by atoms with E-state index in [4.69, 9.17) is 10.2 Å². The van der Waals surface area contributed by atoms with Crippen LogP contribution in [-0.4, -0.2) is 47.4 Å². The Hall–Kier alpha value is 0.620. The lowest BCUT2D eigenvalue weighted by molar-refractivity contribution is 0.0934. The van der Waals surface area contributed by atoms with E-state index in [2.05, 4.69) is 0 Å². The summed E-state index contributed by atoms with van der Waals surface area (Å²) in [4.78, 5) is 0. The normalized spacial score (nSPS) is 12.0. The van der Waals surface area contributed by atoms with Crippen LogP contribution in [0.4, 0.5) is 0 Å². The van der Waals surface area contributed by atoms with Gasteiger partial charge in [0.2, 0.25) is 0 Å². The molecule has 0 aromatic heterocycles. The lowest BCUT2D eigenvalue weighted by Crippen LogP contribution is -2.35. The van der Waals surface area contributed by atoms with Gasteiger partial charge in [-0.05, 0) is 12.5 Å². The highest BCUT2D eigenvalue weighted by molar-refractivity contribution is 7.99. The van der Waals surface area contributed by atoms with E-state index in [0.29, 0.717) is 0 Å². The molecule has 0 rings (SSSR count). The van der Waals surface area contributed by atoms with Gasteiger partial charge in [-0.1, -0.05) is 0 Å². The second-order valence-electron chi connectivity index (χ2n) is 2.68. The summed E-state index contributed by atoms with van der Waals surface area (Å²) in [5.41, 5.74) is -0.279. The van der Waals surface area contributed by atoms with E-state index < -0.39 is 0 Å². The van der Waals surface area contributed by atoms with Gasteiger partial charge in [0, 0.05) is 16.9 Å². The van der Waals surface area contributed by atoms with Crippen LogP contribution in [0.5, 0.6) is 0 Å². The maximum atomic E-state index is 9.05. The summed E-state index contributed by atoms with van der Waals surface area (Å²) < 4.78 is 0. The van der Waals surface area contributed by atoms with Gasteiger partial charge in [0.25, 0.3) is 0 Å². The molecule has 0 radical (unpaired) electrons. The van der Waals surface area contributed by atoms with Crippen LogP contribution in [-0.2, 0) is 0 Å². The Labute approximate surface area is 76.8 Å². The maximum absolute atomic E-state index is 9.05. The third-order valence-corrected chi connectivity index (χ3v) is 3.37. The fraction of sp³-hybridized carbons (Fsp3) is 1.00. The molecule has 0 aliphatic rings. The van der Waals surface area contributed by atoms with Gasteiger partial charge in [0.1, 0.15) is 0 Å². The van der Waals surface area contributed by atoms with Crippen LogP contribution in [0.15, 0.2) is 0 Å². The molecule has 0 aliphatic heterocycles. The molecule has 2 nitrogen and oxygen atoms in total. The lowest BCUT2D eigenvalue weighted by Gasteiger charge is -2.27. The summed E-state index contributed by atoms with van der Waals surface area (Å²) in [6.07, 6.45) is 3.97. The summed E-state index contributed by atoms with van der Waals surface area (Å²) in [7, 11) is 0. The van der Waals surface area contributed by atoms with Crippen LogP contribution in [0, 0.1) is 5.41 Å². The standard InChI is InChI=1S/C7H16O2S2/c1-10-5-7(3-8,4-9)6-11-2/h8-9H,3-6H2,1-2H3. The van der Waals surface area contributed by atoms with Crippen LogP contribution in [0.3, 0.4) is 0 Å². The maximum Gasteiger partial charge on any atom is 0.0525 e. The van der Waals surface area contributed by atoms with E-state index in [1.165, 1.54) is 0 Å². The minimum Gasteiger partial charge on any atom is -0.396 e. The third kappa shape index (κ3) is 3.69. The Morgan fingerprint density at radius 3 is 1.55 bits per heavy atom. The second kappa shape index (κ2) is 6.17. The van der Waals surface area contributed by atoms with E-state index in [0.717, 1.165) is 11.5 Å². The molecular weight excluding hydrogens is 180 g/mol. The molecule has 0 saturated heterocycles. The van der Waals surface area contributed by atoms with Crippen LogP contribution in [0.1, 0.15) is 0 Å². The van der Waals surface area contributed by atoms with Crippen LogP contribution < -0.4 is 0 Å². The molecule has 11 heavy (non-hydrogen) atoms. The van der Waals surface area contributed by atoms with Crippen molar-refractivity contribution in [2.24, 2.45) is 5.41 Å². The molecule has 0 aromatic rings. The lowest BCUT2D eigenvalue weighted by atomic mass is 9.96. The molecule has 4 heteroatoms. The van der Waals surface area contributed by atoms with Crippen molar-refractivity contribution >= 4 is 23.5 Å². The molecule has 0 aromatic carbocycles. The Morgan fingerprint density at radius 1 is 1.00 bits per heavy atom. The first-order valence-corrected chi connectivity index (χ1v) is 6.23. The Bertz CT molecular complexity index is 86.4. The van der Waals surface area contributed by atoms with Gasteiger partial charge in [-0.2, -0.15) is 23.5 Å². The zero-order valence-corrected chi connectivity index (χ0v) is 8.67. The number of hydrogen-bond donors (Lipinski definition) is 2. The average Bonchev–Trinajstić information content (AvgIpc) is 2.04. The number of aliphatic hydroxyl groups excluding tert-OH is 2. The summed E-state index contributed by atoms with van der Waals surface area (Å²) >= 11 is 3.33.